The Hall–Kier alpha value is -2.80. The summed E-state index contributed by atoms with van der Waals surface area (Å²) in [7, 11) is 0. The average Bonchev–Trinajstić information content (AvgIpc) is 2.87. The van der Waals surface area contributed by atoms with Gasteiger partial charge in [0.25, 0.3) is 5.91 Å². The van der Waals surface area contributed by atoms with Crippen molar-refractivity contribution < 1.29 is 19.1 Å². The molecule has 0 fully saturated rings. The Morgan fingerprint density at radius 3 is 2.66 bits per heavy atom. The van der Waals surface area contributed by atoms with Gasteiger partial charge in [-0.2, -0.15) is 0 Å². The van der Waals surface area contributed by atoms with Crippen LogP contribution in [0.4, 0.5) is 11.4 Å². The maximum absolute atomic E-state index is 12.5. The minimum atomic E-state index is -0.967. The molecule has 2 amide bonds. The number of carbonyl (C=O) groups excluding carboxylic acids is 3. The molecule has 2 aromatic rings. The van der Waals surface area contributed by atoms with Gasteiger partial charge in [-0.15, -0.1) is 11.8 Å². The molecule has 0 spiro atoms. The van der Waals surface area contributed by atoms with Crippen LogP contribution in [0.1, 0.15) is 49.0 Å². The zero-order valence-electron chi connectivity index (χ0n) is 16.7. The highest BCUT2D eigenvalue weighted by molar-refractivity contribution is 7.99. The fourth-order valence-electron chi connectivity index (χ4n) is 2.98. The molecule has 0 aromatic heterocycles. The van der Waals surface area contributed by atoms with E-state index in [1.165, 1.54) is 6.92 Å². The number of hydrogen-bond donors (Lipinski definition) is 2. The number of anilines is 2. The van der Waals surface area contributed by atoms with Gasteiger partial charge in [0.1, 0.15) is 0 Å². The van der Waals surface area contributed by atoms with Gasteiger partial charge in [0.2, 0.25) is 5.91 Å². The van der Waals surface area contributed by atoms with E-state index in [0.717, 1.165) is 10.5 Å². The topological polar surface area (TPSA) is 84.5 Å². The summed E-state index contributed by atoms with van der Waals surface area (Å²) < 4.78 is 5.35. The quantitative estimate of drug-likeness (QED) is 0.710. The van der Waals surface area contributed by atoms with Crippen LogP contribution in [0.15, 0.2) is 47.4 Å². The molecule has 7 heteroatoms. The SMILES string of the molecule is CC(C)c1ccccc1NC(=O)[C@H](C)OC(=O)c1ccc2c(c1)NC(=O)CCS2. The standard InChI is InChI=1S/C22H24N2O4S/c1-13(2)16-6-4-5-7-17(16)24-21(26)14(3)28-22(27)15-8-9-19-18(12-15)23-20(25)10-11-29-19/h4-9,12-14H,10-11H2,1-3H3,(H,23,25)(H,24,26)/t14-/m0/s1. The first kappa shape index (κ1) is 20.9. The van der Waals surface area contributed by atoms with E-state index in [4.69, 9.17) is 4.74 Å². The molecule has 0 aliphatic carbocycles. The Morgan fingerprint density at radius 1 is 1.14 bits per heavy atom. The van der Waals surface area contributed by atoms with Crippen molar-refractivity contribution in [3.63, 3.8) is 0 Å². The van der Waals surface area contributed by atoms with Crippen LogP contribution in [0.25, 0.3) is 0 Å². The van der Waals surface area contributed by atoms with Gasteiger partial charge in [-0.25, -0.2) is 4.79 Å². The third-order valence-corrected chi connectivity index (χ3v) is 5.65. The number of benzene rings is 2. The first-order chi connectivity index (χ1) is 13.8. The lowest BCUT2D eigenvalue weighted by atomic mass is 10.0. The molecule has 1 aliphatic heterocycles. The molecule has 0 unspecified atom stereocenters. The van der Waals surface area contributed by atoms with E-state index in [0.29, 0.717) is 23.5 Å². The Morgan fingerprint density at radius 2 is 1.90 bits per heavy atom. The van der Waals surface area contributed by atoms with E-state index in [9.17, 15) is 14.4 Å². The first-order valence-corrected chi connectivity index (χ1v) is 10.5. The van der Waals surface area contributed by atoms with Gasteiger partial charge in [-0.3, -0.25) is 9.59 Å². The summed E-state index contributed by atoms with van der Waals surface area (Å²) in [5.74, 6) is -0.158. The molecule has 29 heavy (non-hydrogen) atoms. The third kappa shape index (κ3) is 5.17. The number of fused-ring (bicyclic) bond motifs is 1. The number of thioether (sulfide) groups is 1. The van der Waals surface area contributed by atoms with E-state index in [-0.39, 0.29) is 17.4 Å². The lowest BCUT2D eigenvalue weighted by Crippen LogP contribution is -2.30. The fraction of sp³-hybridized carbons (Fsp3) is 0.318. The summed E-state index contributed by atoms with van der Waals surface area (Å²) in [6.45, 7) is 5.62. The van der Waals surface area contributed by atoms with Gasteiger partial charge in [-0.1, -0.05) is 32.0 Å². The van der Waals surface area contributed by atoms with Gasteiger partial charge in [0.15, 0.2) is 6.10 Å². The zero-order chi connectivity index (χ0) is 21.0. The zero-order valence-corrected chi connectivity index (χ0v) is 17.5. The Balaban J connectivity index is 1.68. The molecule has 2 N–H and O–H groups in total. The van der Waals surface area contributed by atoms with Crippen molar-refractivity contribution >= 4 is 40.9 Å². The number of esters is 1. The molecule has 2 aromatic carbocycles. The number of para-hydroxylation sites is 1. The predicted molar refractivity (Wildman–Crippen MR) is 114 cm³/mol. The monoisotopic (exact) mass is 412 g/mol. The highest BCUT2D eigenvalue weighted by Crippen LogP contribution is 2.31. The van der Waals surface area contributed by atoms with Crippen LogP contribution >= 0.6 is 11.8 Å². The van der Waals surface area contributed by atoms with Gasteiger partial charge in [-0.05, 0) is 42.7 Å². The molecule has 0 saturated carbocycles. The molecule has 1 atom stereocenters. The molecule has 6 nitrogen and oxygen atoms in total. The highest BCUT2D eigenvalue weighted by atomic mass is 32.2. The predicted octanol–water partition coefficient (Wildman–Crippen LogP) is 4.43. The smallest absolute Gasteiger partial charge is 0.338 e. The lowest BCUT2D eigenvalue weighted by molar-refractivity contribution is -0.123. The summed E-state index contributed by atoms with van der Waals surface area (Å²) in [4.78, 5) is 37.7. The molecule has 3 rings (SSSR count). The van der Waals surface area contributed by atoms with E-state index in [1.54, 1.807) is 30.0 Å². The van der Waals surface area contributed by atoms with E-state index >= 15 is 0 Å². The second-order valence-corrected chi connectivity index (χ2v) is 8.27. The van der Waals surface area contributed by atoms with Crippen LogP contribution < -0.4 is 10.6 Å². The van der Waals surface area contributed by atoms with Crippen LogP contribution in [-0.4, -0.2) is 29.6 Å². The Kier molecular flexibility index (Phi) is 6.59. The molecule has 1 aliphatic rings. The highest BCUT2D eigenvalue weighted by Gasteiger charge is 2.22. The van der Waals surface area contributed by atoms with Crippen LogP contribution in [0.5, 0.6) is 0 Å². The summed E-state index contributed by atoms with van der Waals surface area (Å²) in [5.41, 5.74) is 2.60. The van der Waals surface area contributed by atoms with Crippen molar-refractivity contribution in [1.29, 1.82) is 0 Å². The van der Waals surface area contributed by atoms with Crippen molar-refractivity contribution in [3.05, 3.63) is 53.6 Å². The maximum atomic E-state index is 12.5. The van der Waals surface area contributed by atoms with Crippen LogP contribution in [0, 0.1) is 0 Å². The summed E-state index contributed by atoms with van der Waals surface area (Å²) in [6, 6.07) is 12.6. The number of ether oxygens (including phenoxy) is 1. The molecule has 0 bridgehead atoms. The number of rotatable bonds is 5. The van der Waals surface area contributed by atoms with E-state index < -0.39 is 18.0 Å². The first-order valence-electron chi connectivity index (χ1n) is 9.52. The molecule has 0 radical (unpaired) electrons. The minimum absolute atomic E-state index is 0.0849. The summed E-state index contributed by atoms with van der Waals surface area (Å²) >= 11 is 1.56. The number of amides is 2. The Labute approximate surface area is 174 Å². The van der Waals surface area contributed by atoms with Crippen molar-refractivity contribution in [3.8, 4) is 0 Å². The van der Waals surface area contributed by atoms with Crippen molar-refractivity contribution in [1.82, 2.24) is 0 Å². The molecular weight excluding hydrogens is 388 g/mol. The Bertz CT molecular complexity index is 942. The largest absolute Gasteiger partial charge is 0.449 e. The summed E-state index contributed by atoms with van der Waals surface area (Å²) in [5, 5.41) is 5.63. The lowest BCUT2D eigenvalue weighted by Gasteiger charge is -2.17. The number of hydrogen-bond acceptors (Lipinski definition) is 5. The number of nitrogens with one attached hydrogen (secondary N) is 2. The van der Waals surface area contributed by atoms with Gasteiger partial charge >= 0.3 is 5.97 Å². The van der Waals surface area contributed by atoms with Crippen molar-refractivity contribution in [2.45, 2.75) is 44.1 Å². The molecule has 0 saturated heterocycles. The minimum Gasteiger partial charge on any atom is -0.449 e. The van der Waals surface area contributed by atoms with Crippen molar-refractivity contribution in [2.24, 2.45) is 0 Å². The van der Waals surface area contributed by atoms with Crippen LogP contribution in [-0.2, 0) is 14.3 Å². The van der Waals surface area contributed by atoms with Gasteiger partial charge in [0.05, 0.1) is 11.3 Å². The maximum Gasteiger partial charge on any atom is 0.338 e. The van der Waals surface area contributed by atoms with E-state index in [2.05, 4.69) is 10.6 Å². The fourth-order valence-corrected chi connectivity index (χ4v) is 3.91. The van der Waals surface area contributed by atoms with Crippen LogP contribution in [0.3, 0.4) is 0 Å². The second kappa shape index (κ2) is 9.13. The normalized spacial score (nSPS) is 14.4. The van der Waals surface area contributed by atoms with E-state index in [1.807, 2.05) is 38.1 Å². The van der Waals surface area contributed by atoms with Crippen molar-refractivity contribution in [2.75, 3.05) is 16.4 Å². The molecule has 152 valence electrons. The second-order valence-electron chi connectivity index (χ2n) is 7.14. The number of carbonyl (C=O) groups is 3. The summed E-state index contributed by atoms with van der Waals surface area (Å²) in [6.07, 6.45) is -0.542. The van der Waals surface area contributed by atoms with Gasteiger partial charge < -0.3 is 15.4 Å². The molecular formula is C22H24N2O4S. The van der Waals surface area contributed by atoms with Gasteiger partial charge in [0, 0.05) is 22.8 Å². The third-order valence-electron chi connectivity index (χ3n) is 4.57. The van der Waals surface area contributed by atoms with Crippen LogP contribution in [0.2, 0.25) is 0 Å². The molecule has 1 heterocycles. The average molecular weight is 413 g/mol.